The molecule has 0 atom stereocenters. The van der Waals surface area contributed by atoms with Gasteiger partial charge in [0.25, 0.3) is 0 Å². The molecule has 1 aliphatic heterocycles. The van der Waals surface area contributed by atoms with Crippen molar-refractivity contribution in [2.45, 2.75) is 44.9 Å². The van der Waals surface area contributed by atoms with Gasteiger partial charge in [0.2, 0.25) is 11.8 Å². The summed E-state index contributed by atoms with van der Waals surface area (Å²) in [5, 5.41) is 0. The number of piperazine rings is 1. The highest BCUT2D eigenvalue weighted by atomic mass is 16.2. The minimum Gasteiger partial charge on any atom is -0.357 e. The van der Waals surface area contributed by atoms with E-state index < -0.39 is 0 Å². The predicted molar refractivity (Wildman–Crippen MR) is 103 cm³/mol. The zero-order chi connectivity index (χ0) is 18.6. The number of aromatic nitrogens is 1. The molecule has 1 saturated heterocycles. The van der Waals surface area contributed by atoms with Gasteiger partial charge in [0, 0.05) is 45.6 Å². The van der Waals surface area contributed by atoms with E-state index in [0.717, 1.165) is 42.6 Å². The molecule has 2 amide bonds. The summed E-state index contributed by atoms with van der Waals surface area (Å²) in [7, 11) is 1.98. The fourth-order valence-electron chi connectivity index (χ4n) is 6.82. The number of amides is 2. The fourth-order valence-corrected chi connectivity index (χ4v) is 6.82. The van der Waals surface area contributed by atoms with Gasteiger partial charge < -0.3 is 14.4 Å². The lowest BCUT2D eigenvalue weighted by Gasteiger charge is -2.57. The molecule has 5 heteroatoms. The summed E-state index contributed by atoms with van der Waals surface area (Å²) < 4.78 is 1.98. The van der Waals surface area contributed by atoms with E-state index in [1.54, 1.807) is 0 Å². The summed E-state index contributed by atoms with van der Waals surface area (Å²) >= 11 is 0. The lowest BCUT2D eigenvalue weighted by Crippen LogP contribution is -2.58. The molecular formula is C22H31N3O2. The molecule has 1 aromatic heterocycles. The van der Waals surface area contributed by atoms with Crippen LogP contribution >= 0.6 is 0 Å². The van der Waals surface area contributed by atoms with E-state index in [4.69, 9.17) is 0 Å². The Labute approximate surface area is 161 Å². The van der Waals surface area contributed by atoms with Gasteiger partial charge >= 0.3 is 0 Å². The zero-order valence-electron chi connectivity index (χ0n) is 16.4. The molecule has 5 nitrogen and oxygen atoms in total. The van der Waals surface area contributed by atoms with Crippen LogP contribution in [0.2, 0.25) is 0 Å². The van der Waals surface area contributed by atoms with Crippen molar-refractivity contribution in [1.82, 2.24) is 14.4 Å². The fraction of sp³-hybridized carbons (Fsp3) is 0.727. The van der Waals surface area contributed by atoms with Gasteiger partial charge in [-0.2, -0.15) is 0 Å². The van der Waals surface area contributed by atoms with E-state index in [0.29, 0.717) is 38.5 Å². The second kappa shape index (κ2) is 6.39. The summed E-state index contributed by atoms with van der Waals surface area (Å²) in [5.41, 5.74) is 1.01. The molecule has 0 aromatic carbocycles. The maximum absolute atomic E-state index is 13.4. The molecule has 0 radical (unpaired) electrons. The number of aryl methyl sites for hydroxylation is 1. The van der Waals surface area contributed by atoms with Crippen molar-refractivity contribution in [3.05, 3.63) is 24.0 Å². The first-order chi connectivity index (χ1) is 13.0. The Morgan fingerprint density at radius 2 is 1.52 bits per heavy atom. The lowest BCUT2D eigenvalue weighted by molar-refractivity contribution is -0.160. The Hall–Kier alpha value is -1.78. The summed E-state index contributed by atoms with van der Waals surface area (Å²) in [5.74, 6) is 3.00. The molecular weight excluding hydrogens is 338 g/mol. The summed E-state index contributed by atoms with van der Waals surface area (Å²) in [6, 6.07) is 2.00. The quantitative estimate of drug-likeness (QED) is 0.822. The van der Waals surface area contributed by atoms with Gasteiger partial charge in [0.05, 0.1) is 11.8 Å². The van der Waals surface area contributed by atoms with Gasteiger partial charge in [-0.05, 0) is 67.9 Å². The molecule has 27 heavy (non-hydrogen) atoms. The molecule has 146 valence electrons. The van der Waals surface area contributed by atoms with Crippen molar-refractivity contribution in [2.24, 2.45) is 30.2 Å². The Bertz CT molecular complexity index is 709. The molecule has 1 aromatic rings. The monoisotopic (exact) mass is 369 g/mol. The third-order valence-corrected chi connectivity index (χ3v) is 7.66. The smallest absolute Gasteiger partial charge is 0.228 e. The third kappa shape index (κ3) is 3.09. The molecule has 5 fully saturated rings. The molecule has 2 heterocycles. The number of carbonyl (C=O) groups excluding carboxylic acids is 2. The predicted octanol–water partition coefficient (Wildman–Crippen LogP) is 2.45. The van der Waals surface area contributed by atoms with Gasteiger partial charge in [-0.1, -0.05) is 0 Å². The molecule has 0 unspecified atom stereocenters. The lowest BCUT2D eigenvalue weighted by atomic mass is 9.49. The van der Waals surface area contributed by atoms with Crippen molar-refractivity contribution in [1.29, 1.82) is 0 Å². The van der Waals surface area contributed by atoms with Crippen LogP contribution in [0.4, 0.5) is 0 Å². The first-order valence-corrected chi connectivity index (χ1v) is 10.7. The highest BCUT2D eigenvalue weighted by Gasteiger charge is 2.55. The number of carbonyl (C=O) groups is 2. The van der Waals surface area contributed by atoms with Crippen LogP contribution in [-0.2, 0) is 23.1 Å². The average molecular weight is 370 g/mol. The second-order valence-electron chi connectivity index (χ2n) is 9.73. The van der Waals surface area contributed by atoms with Crippen molar-refractivity contribution < 1.29 is 9.59 Å². The van der Waals surface area contributed by atoms with E-state index in [9.17, 15) is 9.59 Å². The van der Waals surface area contributed by atoms with Crippen LogP contribution in [0.1, 0.15) is 44.1 Å². The van der Waals surface area contributed by atoms with Gasteiger partial charge in [-0.15, -0.1) is 0 Å². The van der Waals surface area contributed by atoms with E-state index in [1.165, 1.54) is 19.3 Å². The Morgan fingerprint density at radius 3 is 2.04 bits per heavy atom. The van der Waals surface area contributed by atoms with Crippen LogP contribution < -0.4 is 0 Å². The Kier molecular flexibility index (Phi) is 4.10. The van der Waals surface area contributed by atoms with Crippen LogP contribution in [-0.4, -0.2) is 52.4 Å². The van der Waals surface area contributed by atoms with Crippen LogP contribution in [0.5, 0.6) is 0 Å². The second-order valence-corrected chi connectivity index (χ2v) is 9.73. The number of hydrogen-bond donors (Lipinski definition) is 0. The maximum Gasteiger partial charge on any atom is 0.228 e. The topological polar surface area (TPSA) is 45.6 Å². The summed E-state index contributed by atoms with van der Waals surface area (Å²) in [6.45, 7) is 2.79. The van der Waals surface area contributed by atoms with Gasteiger partial charge in [0.1, 0.15) is 0 Å². The van der Waals surface area contributed by atoms with Crippen LogP contribution in [0, 0.1) is 23.2 Å². The van der Waals surface area contributed by atoms with Gasteiger partial charge in [-0.25, -0.2) is 0 Å². The molecule has 4 aliphatic carbocycles. The standard InChI is InChI=1S/C22H31N3O2/c1-23-3-2-16(15-23)11-20(26)24-4-6-25(7-5-24)21(27)22-12-17-8-18(13-22)10-19(9-17)14-22/h2-3,15,17-19H,4-14H2,1H3. The van der Waals surface area contributed by atoms with Gasteiger partial charge in [-0.3, -0.25) is 9.59 Å². The summed E-state index contributed by atoms with van der Waals surface area (Å²) in [6.07, 6.45) is 11.9. The number of hydrogen-bond acceptors (Lipinski definition) is 2. The van der Waals surface area contributed by atoms with Crippen LogP contribution in [0.15, 0.2) is 18.5 Å². The first-order valence-electron chi connectivity index (χ1n) is 10.7. The first kappa shape index (κ1) is 17.3. The van der Waals surface area contributed by atoms with Crippen molar-refractivity contribution in [3.8, 4) is 0 Å². The minimum absolute atomic E-state index is 0.0506. The molecule has 0 N–H and O–H groups in total. The molecule has 5 aliphatic rings. The molecule has 4 bridgehead atoms. The average Bonchev–Trinajstić information content (AvgIpc) is 3.05. The SMILES string of the molecule is Cn1ccc(CC(=O)N2CCN(C(=O)C34CC5CC(CC(C5)C3)C4)CC2)c1. The van der Waals surface area contributed by atoms with Gasteiger partial charge in [0.15, 0.2) is 0 Å². The van der Waals surface area contributed by atoms with Crippen molar-refractivity contribution in [2.75, 3.05) is 26.2 Å². The Morgan fingerprint density at radius 1 is 0.963 bits per heavy atom. The van der Waals surface area contributed by atoms with E-state index in [-0.39, 0.29) is 11.3 Å². The summed E-state index contributed by atoms with van der Waals surface area (Å²) in [4.78, 5) is 30.1. The molecule has 6 rings (SSSR count). The number of nitrogens with zero attached hydrogens (tertiary/aromatic N) is 3. The van der Waals surface area contributed by atoms with Crippen molar-refractivity contribution >= 4 is 11.8 Å². The highest BCUT2D eigenvalue weighted by Crippen LogP contribution is 2.60. The number of rotatable bonds is 3. The van der Waals surface area contributed by atoms with Crippen LogP contribution in [0.25, 0.3) is 0 Å². The van der Waals surface area contributed by atoms with Crippen LogP contribution in [0.3, 0.4) is 0 Å². The largest absolute Gasteiger partial charge is 0.357 e. The normalized spacial score (nSPS) is 34.9. The minimum atomic E-state index is -0.0506. The Balaban J connectivity index is 1.19. The van der Waals surface area contributed by atoms with Crippen molar-refractivity contribution in [3.63, 3.8) is 0 Å². The molecule has 4 saturated carbocycles. The van der Waals surface area contributed by atoms with E-state index in [2.05, 4.69) is 4.90 Å². The van der Waals surface area contributed by atoms with E-state index in [1.807, 2.05) is 35.0 Å². The maximum atomic E-state index is 13.4. The van der Waals surface area contributed by atoms with E-state index >= 15 is 0 Å². The molecule has 0 spiro atoms. The third-order valence-electron chi connectivity index (χ3n) is 7.66. The zero-order valence-corrected chi connectivity index (χ0v) is 16.4. The highest BCUT2D eigenvalue weighted by molar-refractivity contribution is 5.84.